The quantitative estimate of drug-likeness (QED) is 0.722. The second-order valence-electron chi connectivity index (χ2n) is 6.21. The predicted molar refractivity (Wildman–Crippen MR) is 96.2 cm³/mol. The van der Waals surface area contributed by atoms with Gasteiger partial charge in [0.1, 0.15) is 16.2 Å². The molecule has 0 spiro atoms. The number of nitrogens with one attached hydrogen (secondary N) is 1. The molecule has 0 saturated carbocycles. The molecule has 0 aliphatic rings. The number of aryl methyl sites for hydroxylation is 1. The lowest BCUT2D eigenvalue weighted by atomic mass is 10.1. The number of nitrogens with zero attached hydrogens (tertiary/aromatic N) is 3. The molecule has 0 saturated heterocycles. The number of aromatic nitrogens is 3. The maximum Gasteiger partial charge on any atom is 0.187 e. The Morgan fingerprint density at radius 1 is 1.13 bits per heavy atom. The minimum absolute atomic E-state index is 0.309. The number of hydrogen-bond donors (Lipinski definition) is 1. The van der Waals surface area contributed by atoms with Crippen molar-refractivity contribution in [2.24, 2.45) is 5.92 Å². The van der Waals surface area contributed by atoms with Crippen molar-refractivity contribution < 1.29 is 4.74 Å². The fraction of sp³-hybridized carbons (Fsp3) is 0.471. The van der Waals surface area contributed by atoms with Gasteiger partial charge in [0.15, 0.2) is 11.6 Å². The summed E-state index contributed by atoms with van der Waals surface area (Å²) in [6.07, 6.45) is 3.55. The molecule has 0 aromatic carbocycles. The molecule has 2 rings (SSSR count). The van der Waals surface area contributed by atoms with Gasteiger partial charge in [0.25, 0.3) is 0 Å². The molecule has 0 atom stereocenters. The van der Waals surface area contributed by atoms with Gasteiger partial charge in [0.05, 0.1) is 6.20 Å². The molecule has 0 unspecified atom stereocenters. The molecule has 0 aliphatic carbocycles. The zero-order valence-corrected chi connectivity index (χ0v) is 15.8. The van der Waals surface area contributed by atoms with E-state index in [1.807, 2.05) is 19.2 Å². The van der Waals surface area contributed by atoms with E-state index in [0.29, 0.717) is 29.2 Å². The molecule has 0 amide bonds. The van der Waals surface area contributed by atoms with E-state index in [4.69, 9.17) is 4.74 Å². The summed E-state index contributed by atoms with van der Waals surface area (Å²) in [7, 11) is 0. The fourth-order valence-corrected chi connectivity index (χ4v) is 2.34. The smallest absolute Gasteiger partial charge is 0.187 e. The van der Waals surface area contributed by atoms with Crippen LogP contribution in [0.1, 0.15) is 45.0 Å². The van der Waals surface area contributed by atoms with Crippen LogP contribution in [0, 0.1) is 12.8 Å². The molecule has 0 radical (unpaired) electrons. The van der Waals surface area contributed by atoms with Crippen LogP contribution in [0.2, 0.25) is 0 Å². The van der Waals surface area contributed by atoms with Gasteiger partial charge in [-0.05, 0) is 34.7 Å². The van der Waals surface area contributed by atoms with E-state index in [2.05, 4.69) is 63.9 Å². The largest absolute Gasteiger partial charge is 0.451 e. The summed E-state index contributed by atoms with van der Waals surface area (Å²) in [5.74, 6) is 3.64. The van der Waals surface area contributed by atoms with Crippen LogP contribution in [0.15, 0.2) is 23.1 Å². The lowest BCUT2D eigenvalue weighted by molar-refractivity contribution is 0.467. The third-order valence-electron chi connectivity index (χ3n) is 3.26. The third-order valence-corrected chi connectivity index (χ3v) is 3.69. The van der Waals surface area contributed by atoms with Crippen molar-refractivity contribution >= 4 is 21.7 Å². The highest BCUT2D eigenvalue weighted by molar-refractivity contribution is 9.10. The molecule has 5 nitrogen and oxygen atoms in total. The van der Waals surface area contributed by atoms with Crippen LogP contribution in [0.3, 0.4) is 0 Å². The fourth-order valence-electron chi connectivity index (χ4n) is 2.03. The van der Waals surface area contributed by atoms with Gasteiger partial charge < -0.3 is 10.1 Å². The van der Waals surface area contributed by atoms with Gasteiger partial charge in [0, 0.05) is 24.4 Å². The van der Waals surface area contributed by atoms with Crippen molar-refractivity contribution in [3.05, 3.63) is 34.5 Å². The van der Waals surface area contributed by atoms with Gasteiger partial charge in [-0.15, -0.1) is 0 Å². The Kier molecular flexibility index (Phi) is 5.93. The highest BCUT2D eigenvalue weighted by Crippen LogP contribution is 2.34. The van der Waals surface area contributed by atoms with Crippen molar-refractivity contribution in [1.29, 1.82) is 0 Å². The molecule has 124 valence electrons. The second-order valence-corrected chi connectivity index (χ2v) is 7.02. The Balaban J connectivity index is 2.34. The van der Waals surface area contributed by atoms with Crippen LogP contribution >= 0.6 is 15.9 Å². The van der Waals surface area contributed by atoms with Gasteiger partial charge in [-0.25, -0.2) is 15.0 Å². The zero-order valence-electron chi connectivity index (χ0n) is 14.2. The number of halogens is 1. The summed E-state index contributed by atoms with van der Waals surface area (Å²) in [6.45, 7) is 11.2. The Morgan fingerprint density at radius 2 is 1.87 bits per heavy atom. The number of anilines is 1. The number of ether oxygens (including phenoxy) is 1. The van der Waals surface area contributed by atoms with E-state index in [0.717, 1.165) is 22.5 Å². The van der Waals surface area contributed by atoms with Crippen molar-refractivity contribution in [2.45, 2.75) is 40.5 Å². The molecule has 2 aromatic heterocycles. The number of rotatable bonds is 6. The maximum absolute atomic E-state index is 6.11. The van der Waals surface area contributed by atoms with E-state index in [1.165, 1.54) is 0 Å². The van der Waals surface area contributed by atoms with E-state index >= 15 is 0 Å². The average molecular weight is 379 g/mol. The SMILES string of the molecule is Cc1ncc(Oc2cc(Br)ncc2C(C)C)c(NCC(C)C)n1. The van der Waals surface area contributed by atoms with Crippen LogP contribution in [-0.2, 0) is 0 Å². The monoisotopic (exact) mass is 378 g/mol. The molecular weight excluding hydrogens is 356 g/mol. The Labute approximate surface area is 146 Å². The summed E-state index contributed by atoms with van der Waals surface area (Å²) in [5, 5.41) is 3.33. The maximum atomic E-state index is 6.11. The highest BCUT2D eigenvalue weighted by Gasteiger charge is 2.14. The topological polar surface area (TPSA) is 59.9 Å². The van der Waals surface area contributed by atoms with Crippen LogP contribution in [0.25, 0.3) is 0 Å². The summed E-state index contributed by atoms with van der Waals surface area (Å²) >= 11 is 3.40. The van der Waals surface area contributed by atoms with Gasteiger partial charge in [-0.1, -0.05) is 27.7 Å². The molecule has 0 aliphatic heterocycles. The minimum atomic E-state index is 0.309. The Hall–Kier alpha value is -1.69. The molecule has 2 aromatic rings. The standard InChI is InChI=1S/C17H23BrN4O/c1-10(2)7-21-17-15(9-19-12(5)22-17)23-14-6-16(18)20-8-13(14)11(3)4/h6,8-11H,7H2,1-5H3,(H,19,21,22). The summed E-state index contributed by atoms with van der Waals surface area (Å²) < 4.78 is 6.85. The summed E-state index contributed by atoms with van der Waals surface area (Å²) in [6, 6.07) is 1.88. The normalized spacial score (nSPS) is 11.1. The van der Waals surface area contributed by atoms with E-state index in [1.54, 1.807) is 6.20 Å². The first-order chi connectivity index (χ1) is 10.9. The van der Waals surface area contributed by atoms with Crippen molar-refractivity contribution in [1.82, 2.24) is 15.0 Å². The second kappa shape index (κ2) is 7.73. The van der Waals surface area contributed by atoms with Crippen LogP contribution in [0.4, 0.5) is 5.82 Å². The molecule has 0 bridgehead atoms. The first-order valence-corrected chi connectivity index (χ1v) is 8.57. The van der Waals surface area contributed by atoms with E-state index in [-0.39, 0.29) is 0 Å². The summed E-state index contributed by atoms with van der Waals surface area (Å²) in [5.41, 5.74) is 1.04. The first kappa shape index (κ1) is 17.7. The van der Waals surface area contributed by atoms with Crippen molar-refractivity contribution in [3.63, 3.8) is 0 Å². The molecule has 6 heteroatoms. The van der Waals surface area contributed by atoms with Gasteiger partial charge >= 0.3 is 0 Å². The molecule has 2 heterocycles. The van der Waals surface area contributed by atoms with Crippen LogP contribution in [-0.4, -0.2) is 21.5 Å². The van der Waals surface area contributed by atoms with Gasteiger partial charge in [0.2, 0.25) is 0 Å². The Morgan fingerprint density at radius 3 is 2.52 bits per heavy atom. The van der Waals surface area contributed by atoms with Crippen LogP contribution in [0.5, 0.6) is 11.5 Å². The molecule has 0 fully saturated rings. The zero-order chi connectivity index (χ0) is 17.0. The van der Waals surface area contributed by atoms with Crippen molar-refractivity contribution in [3.8, 4) is 11.5 Å². The third kappa shape index (κ3) is 4.89. The van der Waals surface area contributed by atoms with E-state index < -0.39 is 0 Å². The molecule has 1 N–H and O–H groups in total. The average Bonchev–Trinajstić information content (AvgIpc) is 2.47. The number of pyridine rings is 1. The highest BCUT2D eigenvalue weighted by atomic mass is 79.9. The predicted octanol–water partition coefficient (Wildman–Crippen LogP) is 4.93. The van der Waals surface area contributed by atoms with Gasteiger partial charge in [-0.2, -0.15) is 0 Å². The van der Waals surface area contributed by atoms with Crippen molar-refractivity contribution in [2.75, 3.05) is 11.9 Å². The lowest BCUT2D eigenvalue weighted by Crippen LogP contribution is -2.11. The first-order valence-electron chi connectivity index (χ1n) is 7.77. The van der Waals surface area contributed by atoms with E-state index in [9.17, 15) is 0 Å². The van der Waals surface area contributed by atoms with Crippen LogP contribution < -0.4 is 10.1 Å². The summed E-state index contributed by atoms with van der Waals surface area (Å²) in [4.78, 5) is 13.0. The molecule has 23 heavy (non-hydrogen) atoms. The lowest BCUT2D eigenvalue weighted by Gasteiger charge is -2.16. The number of hydrogen-bond acceptors (Lipinski definition) is 5. The van der Waals surface area contributed by atoms with Gasteiger partial charge in [-0.3, -0.25) is 0 Å². The molecular formula is C17H23BrN4O. The Bertz CT molecular complexity index is 674. The minimum Gasteiger partial charge on any atom is -0.451 e.